The maximum atomic E-state index is 11.4. The van der Waals surface area contributed by atoms with E-state index in [4.69, 9.17) is 9.47 Å². The fourth-order valence-corrected chi connectivity index (χ4v) is 4.06. The molecule has 0 aliphatic carbocycles. The molecule has 2 rings (SSSR count). The van der Waals surface area contributed by atoms with Gasteiger partial charge in [-0.2, -0.15) is 0 Å². The lowest BCUT2D eigenvalue weighted by atomic mass is 10.0. The maximum Gasteiger partial charge on any atom is 0.161 e. The summed E-state index contributed by atoms with van der Waals surface area (Å²) in [6, 6.07) is 6.83. The molecule has 0 aromatic heterocycles. The van der Waals surface area contributed by atoms with Crippen molar-refractivity contribution < 1.29 is 13.7 Å². The quantitative estimate of drug-likeness (QED) is 0.877. The molecule has 1 aromatic rings. The normalized spacial score (nSPS) is 23.6. The molecule has 21 heavy (non-hydrogen) atoms. The average molecular weight is 311 g/mol. The molecule has 4 nitrogen and oxygen atoms in total. The molecule has 1 heterocycles. The van der Waals surface area contributed by atoms with Crippen LogP contribution in [-0.2, 0) is 10.8 Å². The van der Waals surface area contributed by atoms with Crippen molar-refractivity contribution in [3.63, 3.8) is 0 Å². The minimum absolute atomic E-state index is 0.293. The lowest BCUT2D eigenvalue weighted by Gasteiger charge is -2.28. The zero-order valence-electron chi connectivity index (χ0n) is 13.1. The molecule has 1 unspecified atom stereocenters. The number of nitrogens with one attached hydrogen (secondary N) is 1. The van der Waals surface area contributed by atoms with E-state index in [1.54, 1.807) is 14.2 Å². The van der Waals surface area contributed by atoms with E-state index in [1.165, 1.54) is 5.56 Å². The molecule has 0 spiro atoms. The number of hydrogen-bond acceptors (Lipinski definition) is 4. The molecule has 1 atom stereocenters. The van der Waals surface area contributed by atoms with Crippen LogP contribution in [-0.4, -0.2) is 36.0 Å². The summed E-state index contributed by atoms with van der Waals surface area (Å²) < 4.78 is 22.1. The summed E-state index contributed by atoms with van der Waals surface area (Å²) in [5, 5.41) is 3.70. The molecule has 1 aliphatic heterocycles. The predicted octanol–water partition coefficient (Wildman–Crippen LogP) is 2.66. The van der Waals surface area contributed by atoms with Crippen molar-refractivity contribution in [1.82, 2.24) is 5.32 Å². The van der Waals surface area contributed by atoms with E-state index in [1.807, 2.05) is 12.1 Å². The van der Waals surface area contributed by atoms with Gasteiger partial charge in [-0.15, -0.1) is 0 Å². The first-order chi connectivity index (χ1) is 10.2. The highest BCUT2D eigenvalue weighted by molar-refractivity contribution is 7.85. The minimum atomic E-state index is -0.608. The van der Waals surface area contributed by atoms with Gasteiger partial charge in [0, 0.05) is 34.4 Å². The van der Waals surface area contributed by atoms with Crippen LogP contribution in [0.25, 0.3) is 0 Å². The van der Waals surface area contributed by atoms with E-state index >= 15 is 0 Å². The van der Waals surface area contributed by atoms with Crippen molar-refractivity contribution in [2.45, 2.75) is 38.3 Å². The third-order valence-electron chi connectivity index (χ3n) is 4.04. The molecule has 1 saturated heterocycles. The van der Waals surface area contributed by atoms with Crippen molar-refractivity contribution in [2.24, 2.45) is 0 Å². The SMILES string of the molecule is CCC(NC1CCS(=O)CC1)c1ccc(OC)c(OC)c1. The Kier molecular flexibility index (Phi) is 6.06. The van der Waals surface area contributed by atoms with Gasteiger partial charge in [-0.3, -0.25) is 4.21 Å². The smallest absolute Gasteiger partial charge is 0.161 e. The van der Waals surface area contributed by atoms with Crippen LogP contribution >= 0.6 is 0 Å². The van der Waals surface area contributed by atoms with Crippen molar-refractivity contribution in [3.8, 4) is 11.5 Å². The fourth-order valence-electron chi connectivity index (χ4n) is 2.76. The second-order valence-electron chi connectivity index (χ2n) is 5.36. The Balaban J connectivity index is 2.08. The average Bonchev–Trinajstić information content (AvgIpc) is 2.53. The molecule has 0 saturated carbocycles. The summed E-state index contributed by atoms with van der Waals surface area (Å²) in [6.07, 6.45) is 3.00. The highest BCUT2D eigenvalue weighted by Gasteiger charge is 2.21. The second-order valence-corrected chi connectivity index (χ2v) is 7.06. The lowest BCUT2D eigenvalue weighted by Crippen LogP contribution is -2.38. The highest BCUT2D eigenvalue weighted by atomic mass is 32.2. The van der Waals surface area contributed by atoms with E-state index in [9.17, 15) is 4.21 Å². The summed E-state index contributed by atoms with van der Waals surface area (Å²) in [4.78, 5) is 0. The van der Waals surface area contributed by atoms with E-state index < -0.39 is 10.8 Å². The molecule has 1 aromatic carbocycles. The zero-order valence-corrected chi connectivity index (χ0v) is 13.9. The summed E-state index contributed by atoms with van der Waals surface area (Å²) in [7, 11) is 2.70. The standard InChI is InChI=1S/C16H25NO3S/c1-4-14(17-13-7-9-21(18)10-8-13)12-5-6-15(19-2)16(11-12)20-3/h5-6,11,13-14,17H,4,7-10H2,1-3H3. The predicted molar refractivity (Wildman–Crippen MR) is 86.6 cm³/mol. The van der Waals surface area contributed by atoms with Gasteiger partial charge in [-0.05, 0) is 37.0 Å². The van der Waals surface area contributed by atoms with Crippen molar-refractivity contribution in [2.75, 3.05) is 25.7 Å². The topological polar surface area (TPSA) is 47.6 Å². The highest BCUT2D eigenvalue weighted by Crippen LogP contribution is 2.31. The Bertz CT molecular complexity index is 482. The summed E-state index contributed by atoms with van der Waals surface area (Å²) in [5.41, 5.74) is 1.21. The molecule has 0 amide bonds. The lowest BCUT2D eigenvalue weighted by molar-refractivity contribution is 0.352. The van der Waals surface area contributed by atoms with Crippen LogP contribution in [0.2, 0.25) is 0 Å². The van der Waals surface area contributed by atoms with Gasteiger partial charge in [0.05, 0.1) is 14.2 Å². The molecule has 1 fully saturated rings. The minimum Gasteiger partial charge on any atom is -0.493 e. The first-order valence-corrected chi connectivity index (χ1v) is 8.99. The van der Waals surface area contributed by atoms with Crippen molar-refractivity contribution in [3.05, 3.63) is 23.8 Å². The maximum absolute atomic E-state index is 11.4. The number of ether oxygens (including phenoxy) is 2. The molecule has 1 N–H and O–H groups in total. The van der Waals surface area contributed by atoms with Crippen LogP contribution in [0.1, 0.15) is 37.8 Å². The molecular weight excluding hydrogens is 286 g/mol. The third-order valence-corrected chi connectivity index (χ3v) is 5.43. The molecule has 0 bridgehead atoms. The van der Waals surface area contributed by atoms with Gasteiger partial charge < -0.3 is 14.8 Å². The molecule has 1 aliphatic rings. The van der Waals surface area contributed by atoms with Crippen LogP contribution in [0.15, 0.2) is 18.2 Å². The van der Waals surface area contributed by atoms with Gasteiger partial charge in [-0.1, -0.05) is 13.0 Å². The third kappa shape index (κ3) is 4.20. The number of methoxy groups -OCH3 is 2. The van der Waals surface area contributed by atoms with E-state index in [0.29, 0.717) is 12.1 Å². The van der Waals surface area contributed by atoms with Crippen LogP contribution in [0.3, 0.4) is 0 Å². The van der Waals surface area contributed by atoms with Crippen LogP contribution in [0.4, 0.5) is 0 Å². The molecule has 118 valence electrons. The second kappa shape index (κ2) is 7.80. The first kappa shape index (κ1) is 16.3. The van der Waals surface area contributed by atoms with Crippen LogP contribution in [0.5, 0.6) is 11.5 Å². The van der Waals surface area contributed by atoms with Crippen LogP contribution < -0.4 is 14.8 Å². The van der Waals surface area contributed by atoms with E-state index in [2.05, 4.69) is 18.3 Å². The van der Waals surface area contributed by atoms with Crippen molar-refractivity contribution >= 4 is 10.8 Å². The Morgan fingerprint density at radius 3 is 2.48 bits per heavy atom. The summed E-state index contributed by atoms with van der Waals surface area (Å²) in [6.45, 7) is 2.18. The van der Waals surface area contributed by atoms with E-state index in [0.717, 1.165) is 42.3 Å². The first-order valence-electron chi connectivity index (χ1n) is 7.50. The Labute approximate surface area is 129 Å². The fraction of sp³-hybridized carbons (Fsp3) is 0.625. The monoisotopic (exact) mass is 311 g/mol. The molecule has 0 radical (unpaired) electrons. The summed E-state index contributed by atoms with van der Waals surface area (Å²) in [5.74, 6) is 3.16. The Morgan fingerprint density at radius 1 is 1.24 bits per heavy atom. The molecular formula is C16H25NO3S. The van der Waals surface area contributed by atoms with Gasteiger partial charge in [0.25, 0.3) is 0 Å². The van der Waals surface area contributed by atoms with Crippen LogP contribution in [0, 0.1) is 0 Å². The van der Waals surface area contributed by atoms with Crippen molar-refractivity contribution in [1.29, 1.82) is 0 Å². The largest absolute Gasteiger partial charge is 0.493 e. The zero-order chi connectivity index (χ0) is 15.2. The number of rotatable bonds is 6. The van der Waals surface area contributed by atoms with Gasteiger partial charge in [0.15, 0.2) is 11.5 Å². The van der Waals surface area contributed by atoms with Gasteiger partial charge in [0.1, 0.15) is 0 Å². The van der Waals surface area contributed by atoms with Gasteiger partial charge in [-0.25, -0.2) is 0 Å². The molecule has 5 heteroatoms. The number of hydrogen-bond donors (Lipinski definition) is 1. The summed E-state index contributed by atoms with van der Waals surface area (Å²) >= 11 is 0. The Morgan fingerprint density at radius 2 is 1.90 bits per heavy atom. The van der Waals surface area contributed by atoms with E-state index in [-0.39, 0.29) is 0 Å². The van der Waals surface area contributed by atoms with Gasteiger partial charge in [0.2, 0.25) is 0 Å². The van der Waals surface area contributed by atoms with Gasteiger partial charge >= 0.3 is 0 Å². The Hall–Kier alpha value is -1.07. The number of benzene rings is 1.